The predicted octanol–water partition coefficient (Wildman–Crippen LogP) is 4.90. The fraction of sp³-hybridized carbons (Fsp3) is 0.400. The minimum atomic E-state index is -0.593. The number of nitrogens with one attached hydrogen (secondary N) is 1. The van der Waals surface area contributed by atoms with Crippen LogP contribution < -0.4 is 5.32 Å². The van der Waals surface area contributed by atoms with Crippen molar-refractivity contribution in [3.63, 3.8) is 0 Å². The summed E-state index contributed by atoms with van der Waals surface area (Å²) in [6.07, 6.45) is 4.68. The molecular weight excluding hydrogens is 366 g/mol. The molecule has 142 valence electrons. The molecule has 0 aliphatic heterocycles. The summed E-state index contributed by atoms with van der Waals surface area (Å²) < 4.78 is 28.9. The van der Waals surface area contributed by atoms with Crippen molar-refractivity contribution >= 4 is 11.3 Å². The van der Waals surface area contributed by atoms with Crippen LogP contribution >= 0.6 is 11.3 Å². The largest absolute Gasteiger partial charge is 0.303 e. The Morgan fingerprint density at radius 3 is 2.74 bits per heavy atom. The molecule has 3 aromatic rings. The van der Waals surface area contributed by atoms with Crippen molar-refractivity contribution in [3.8, 4) is 5.69 Å². The zero-order valence-electron chi connectivity index (χ0n) is 15.4. The van der Waals surface area contributed by atoms with E-state index in [1.165, 1.54) is 12.1 Å². The maximum Gasteiger partial charge on any atom is 0.128 e. The Morgan fingerprint density at radius 2 is 2.04 bits per heavy atom. The third-order valence-electron chi connectivity index (χ3n) is 4.94. The first-order valence-electron chi connectivity index (χ1n) is 9.22. The SMILES string of the molecule is CC(C)c1csc(CN[C@@H]2CCCc3c2cnn3-c2cc(F)cc(F)c2)n1. The number of rotatable bonds is 5. The molecule has 0 spiro atoms. The Bertz CT molecular complexity index is 927. The van der Waals surface area contributed by atoms with Gasteiger partial charge in [-0.15, -0.1) is 11.3 Å². The highest BCUT2D eigenvalue weighted by Gasteiger charge is 2.25. The lowest BCUT2D eigenvalue weighted by atomic mass is 9.93. The Morgan fingerprint density at radius 1 is 1.26 bits per heavy atom. The van der Waals surface area contributed by atoms with Crippen LogP contribution in [0.15, 0.2) is 29.8 Å². The van der Waals surface area contributed by atoms with Gasteiger partial charge in [0.15, 0.2) is 0 Å². The van der Waals surface area contributed by atoms with Crippen LogP contribution in [0.1, 0.15) is 60.6 Å². The highest BCUT2D eigenvalue weighted by Crippen LogP contribution is 2.32. The van der Waals surface area contributed by atoms with Crippen LogP contribution in [0.3, 0.4) is 0 Å². The van der Waals surface area contributed by atoms with E-state index in [0.29, 0.717) is 18.2 Å². The third-order valence-corrected chi connectivity index (χ3v) is 5.80. The van der Waals surface area contributed by atoms with Crippen molar-refractivity contribution in [1.29, 1.82) is 0 Å². The Hall–Kier alpha value is -2.12. The first-order valence-corrected chi connectivity index (χ1v) is 10.1. The molecule has 0 amide bonds. The molecular formula is C20H22F2N4S. The number of hydrogen-bond acceptors (Lipinski definition) is 4. The molecule has 0 saturated heterocycles. The lowest BCUT2D eigenvalue weighted by molar-refractivity contribution is 0.454. The molecule has 0 saturated carbocycles. The average molecular weight is 388 g/mol. The molecule has 2 aromatic heterocycles. The van der Waals surface area contributed by atoms with Gasteiger partial charge in [-0.05, 0) is 37.3 Å². The Labute approximate surface area is 161 Å². The molecule has 0 bridgehead atoms. The number of nitrogens with zero attached hydrogens (tertiary/aromatic N) is 3. The van der Waals surface area contributed by atoms with Crippen LogP contribution in [0.4, 0.5) is 8.78 Å². The maximum atomic E-state index is 13.6. The van der Waals surface area contributed by atoms with Gasteiger partial charge in [-0.25, -0.2) is 18.4 Å². The minimum Gasteiger partial charge on any atom is -0.303 e. The molecule has 1 N–H and O–H groups in total. The van der Waals surface area contributed by atoms with E-state index < -0.39 is 11.6 Å². The fourth-order valence-electron chi connectivity index (χ4n) is 3.53. The first kappa shape index (κ1) is 18.3. The summed E-state index contributed by atoms with van der Waals surface area (Å²) in [5.41, 5.74) is 3.68. The summed E-state index contributed by atoms with van der Waals surface area (Å²) in [5, 5.41) is 11.2. The van der Waals surface area contributed by atoms with Crippen LogP contribution in [-0.4, -0.2) is 14.8 Å². The molecule has 27 heavy (non-hydrogen) atoms. The molecule has 0 unspecified atom stereocenters. The lowest BCUT2D eigenvalue weighted by Gasteiger charge is -2.24. The van der Waals surface area contributed by atoms with E-state index in [1.54, 1.807) is 16.0 Å². The van der Waals surface area contributed by atoms with Crippen molar-refractivity contribution in [2.75, 3.05) is 0 Å². The van der Waals surface area contributed by atoms with Gasteiger partial charge in [-0.2, -0.15) is 5.10 Å². The van der Waals surface area contributed by atoms with Gasteiger partial charge in [0.25, 0.3) is 0 Å². The summed E-state index contributed by atoms with van der Waals surface area (Å²) in [6.45, 7) is 4.99. The van der Waals surface area contributed by atoms with E-state index in [4.69, 9.17) is 0 Å². The normalized spacial score (nSPS) is 16.7. The monoisotopic (exact) mass is 388 g/mol. The summed E-state index contributed by atoms with van der Waals surface area (Å²) in [4.78, 5) is 4.67. The van der Waals surface area contributed by atoms with E-state index in [-0.39, 0.29) is 6.04 Å². The highest BCUT2D eigenvalue weighted by molar-refractivity contribution is 7.09. The van der Waals surface area contributed by atoms with Crippen molar-refractivity contribution in [3.05, 3.63) is 63.4 Å². The van der Waals surface area contributed by atoms with Crippen LogP contribution in [0.25, 0.3) is 5.69 Å². The maximum absolute atomic E-state index is 13.6. The molecule has 1 aromatic carbocycles. The van der Waals surface area contributed by atoms with Gasteiger partial charge in [0, 0.05) is 35.3 Å². The number of benzene rings is 1. The molecule has 4 rings (SSSR count). The molecule has 1 aliphatic carbocycles. The van der Waals surface area contributed by atoms with Crippen LogP contribution in [-0.2, 0) is 13.0 Å². The summed E-state index contributed by atoms with van der Waals surface area (Å²) in [6, 6.07) is 3.68. The molecule has 7 heteroatoms. The van der Waals surface area contributed by atoms with E-state index in [1.807, 2.05) is 6.20 Å². The first-order chi connectivity index (χ1) is 13.0. The predicted molar refractivity (Wildman–Crippen MR) is 102 cm³/mol. The van der Waals surface area contributed by atoms with Crippen LogP contribution in [0, 0.1) is 11.6 Å². The second-order valence-corrected chi connectivity index (χ2v) is 8.18. The number of halogens is 2. The Kier molecular flexibility index (Phi) is 5.06. The summed E-state index contributed by atoms with van der Waals surface area (Å²) in [5.74, 6) is -0.755. The number of thiazole rings is 1. The molecule has 0 fully saturated rings. The van der Waals surface area contributed by atoms with E-state index in [9.17, 15) is 8.78 Å². The fourth-order valence-corrected chi connectivity index (χ4v) is 4.44. The molecule has 2 heterocycles. The smallest absolute Gasteiger partial charge is 0.128 e. The third kappa shape index (κ3) is 3.80. The second kappa shape index (κ2) is 7.48. The Balaban J connectivity index is 1.54. The van der Waals surface area contributed by atoms with Gasteiger partial charge in [0.1, 0.15) is 16.6 Å². The molecule has 1 atom stereocenters. The van der Waals surface area contributed by atoms with Gasteiger partial charge in [0.05, 0.1) is 17.6 Å². The van der Waals surface area contributed by atoms with Gasteiger partial charge < -0.3 is 5.32 Å². The van der Waals surface area contributed by atoms with E-state index in [0.717, 1.165) is 47.3 Å². The minimum absolute atomic E-state index is 0.173. The quantitative estimate of drug-likeness (QED) is 0.676. The van der Waals surface area contributed by atoms with E-state index in [2.05, 4.69) is 34.6 Å². The number of hydrogen-bond donors (Lipinski definition) is 1. The van der Waals surface area contributed by atoms with Gasteiger partial charge in [-0.1, -0.05) is 13.8 Å². The molecule has 1 aliphatic rings. The van der Waals surface area contributed by atoms with Crippen molar-refractivity contribution in [2.45, 2.75) is 51.6 Å². The zero-order valence-corrected chi connectivity index (χ0v) is 16.2. The van der Waals surface area contributed by atoms with Crippen LogP contribution in [0.5, 0.6) is 0 Å². The summed E-state index contributed by atoms with van der Waals surface area (Å²) >= 11 is 1.68. The van der Waals surface area contributed by atoms with Gasteiger partial charge >= 0.3 is 0 Å². The van der Waals surface area contributed by atoms with Crippen molar-refractivity contribution < 1.29 is 8.78 Å². The van der Waals surface area contributed by atoms with Gasteiger partial charge in [-0.3, -0.25) is 0 Å². The van der Waals surface area contributed by atoms with Crippen molar-refractivity contribution in [2.24, 2.45) is 0 Å². The zero-order chi connectivity index (χ0) is 19.0. The number of fused-ring (bicyclic) bond motifs is 1. The van der Waals surface area contributed by atoms with Gasteiger partial charge in [0.2, 0.25) is 0 Å². The van der Waals surface area contributed by atoms with Crippen molar-refractivity contribution in [1.82, 2.24) is 20.1 Å². The van der Waals surface area contributed by atoms with E-state index >= 15 is 0 Å². The average Bonchev–Trinajstić information content (AvgIpc) is 3.26. The number of aromatic nitrogens is 3. The lowest BCUT2D eigenvalue weighted by Crippen LogP contribution is -2.25. The molecule has 4 nitrogen and oxygen atoms in total. The second-order valence-electron chi connectivity index (χ2n) is 7.23. The standard InChI is InChI=1S/C20H22F2N4S/c1-12(2)18-11-27-20(25-18)10-23-17-4-3-5-19-16(17)9-24-26(19)15-7-13(21)6-14(22)8-15/h6-9,11-12,17,23H,3-5,10H2,1-2H3/t17-/m1/s1. The van der Waals surface area contributed by atoms with Crippen LogP contribution in [0.2, 0.25) is 0 Å². The highest BCUT2D eigenvalue weighted by atomic mass is 32.1. The summed E-state index contributed by atoms with van der Waals surface area (Å²) in [7, 11) is 0. The molecule has 0 radical (unpaired) electrons. The topological polar surface area (TPSA) is 42.7 Å².